The number of hydrogen-bond donors (Lipinski definition) is 1. The zero-order chi connectivity index (χ0) is 15.0. The zero-order valence-electron chi connectivity index (χ0n) is 12.6. The molecule has 1 N–H and O–H groups in total. The predicted molar refractivity (Wildman–Crippen MR) is 80.3 cm³/mol. The van der Waals surface area contributed by atoms with E-state index in [2.05, 4.69) is 5.32 Å². The molecule has 2 amide bonds. The average Bonchev–Trinajstić information content (AvgIpc) is 2.47. The van der Waals surface area contributed by atoms with Gasteiger partial charge in [-0.05, 0) is 25.3 Å². The first-order chi connectivity index (χ1) is 9.60. The van der Waals surface area contributed by atoms with Gasteiger partial charge < -0.3 is 10.2 Å². The lowest BCUT2D eigenvalue weighted by atomic mass is 10.1. The van der Waals surface area contributed by atoms with Crippen molar-refractivity contribution in [3.8, 4) is 0 Å². The van der Waals surface area contributed by atoms with Crippen molar-refractivity contribution in [1.29, 1.82) is 0 Å². The highest BCUT2D eigenvalue weighted by Gasteiger charge is 2.24. The normalized spacial score (nSPS) is 11.8. The Morgan fingerprint density at radius 3 is 2.45 bits per heavy atom. The summed E-state index contributed by atoms with van der Waals surface area (Å²) in [5, 5.41) is 2.61. The summed E-state index contributed by atoms with van der Waals surface area (Å²) >= 11 is 0. The number of carbonyl (C=O) groups excluding carboxylic acids is 2. The summed E-state index contributed by atoms with van der Waals surface area (Å²) in [6, 6.07) is 9.57. The minimum absolute atomic E-state index is 0.0412. The van der Waals surface area contributed by atoms with E-state index in [9.17, 15) is 9.59 Å². The van der Waals surface area contributed by atoms with Crippen molar-refractivity contribution in [2.24, 2.45) is 0 Å². The lowest BCUT2D eigenvalue weighted by Gasteiger charge is -2.28. The van der Waals surface area contributed by atoms with Gasteiger partial charge >= 0.3 is 0 Å². The van der Waals surface area contributed by atoms with Gasteiger partial charge in [-0.2, -0.15) is 0 Å². The molecule has 20 heavy (non-hydrogen) atoms. The van der Waals surface area contributed by atoms with Gasteiger partial charge in [0.15, 0.2) is 0 Å². The molecule has 0 heterocycles. The largest absolute Gasteiger partial charge is 0.357 e. The third-order valence-electron chi connectivity index (χ3n) is 3.36. The molecular formula is C16H24N2O2. The molecular weight excluding hydrogens is 252 g/mol. The molecule has 4 nitrogen and oxygen atoms in total. The standard InChI is InChI=1S/C16H24N2O2/c1-4-8-15(19)18(13(2)16(20)17-3)12-11-14-9-6-5-7-10-14/h5-7,9-10,13H,4,8,11-12H2,1-3H3,(H,17,20)/t13-/m1/s1. The highest BCUT2D eigenvalue weighted by atomic mass is 16.2. The third-order valence-corrected chi connectivity index (χ3v) is 3.36. The van der Waals surface area contributed by atoms with Gasteiger partial charge in [0.1, 0.15) is 6.04 Å². The molecule has 0 fully saturated rings. The van der Waals surface area contributed by atoms with Crippen molar-refractivity contribution in [2.75, 3.05) is 13.6 Å². The summed E-state index contributed by atoms with van der Waals surface area (Å²) < 4.78 is 0. The number of carbonyl (C=O) groups is 2. The minimum Gasteiger partial charge on any atom is -0.357 e. The lowest BCUT2D eigenvalue weighted by molar-refractivity contribution is -0.139. The Kier molecular flexibility index (Phi) is 6.77. The van der Waals surface area contributed by atoms with Crippen LogP contribution in [-0.4, -0.2) is 36.3 Å². The Hall–Kier alpha value is -1.84. The number of hydrogen-bond acceptors (Lipinski definition) is 2. The molecule has 1 aromatic rings. The quantitative estimate of drug-likeness (QED) is 0.828. The number of nitrogens with zero attached hydrogens (tertiary/aromatic N) is 1. The maximum absolute atomic E-state index is 12.2. The van der Waals surface area contributed by atoms with Crippen LogP contribution in [0.2, 0.25) is 0 Å². The lowest BCUT2D eigenvalue weighted by Crippen LogP contribution is -2.47. The van der Waals surface area contributed by atoms with Crippen molar-refractivity contribution >= 4 is 11.8 Å². The van der Waals surface area contributed by atoms with Crippen LogP contribution in [0.1, 0.15) is 32.3 Å². The molecule has 1 aromatic carbocycles. The second-order valence-electron chi connectivity index (χ2n) is 4.86. The molecule has 4 heteroatoms. The Morgan fingerprint density at radius 1 is 1.25 bits per heavy atom. The first-order valence-corrected chi connectivity index (χ1v) is 7.15. The molecule has 1 rings (SSSR count). The fraction of sp³-hybridized carbons (Fsp3) is 0.500. The van der Waals surface area contributed by atoms with Crippen molar-refractivity contribution in [3.05, 3.63) is 35.9 Å². The second kappa shape index (κ2) is 8.35. The van der Waals surface area contributed by atoms with Gasteiger partial charge in [-0.1, -0.05) is 37.3 Å². The summed E-state index contributed by atoms with van der Waals surface area (Å²) in [4.78, 5) is 25.6. The van der Waals surface area contributed by atoms with Crippen LogP contribution < -0.4 is 5.32 Å². The molecule has 0 radical (unpaired) electrons. The monoisotopic (exact) mass is 276 g/mol. The topological polar surface area (TPSA) is 49.4 Å². The Bertz CT molecular complexity index is 431. The van der Waals surface area contributed by atoms with Crippen LogP contribution >= 0.6 is 0 Å². The van der Waals surface area contributed by atoms with E-state index in [0.29, 0.717) is 13.0 Å². The summed E-state index contributed by atoms with van der Waals surface area (Å²) in [5.41, 5.74) is 1.17. The van der Waals surface area contributed by atoms with Crippen LogP contribution in [-0.2, 0) is 16.0 Å². The van der Waals surface area contributed by atoms with E-state index < -0.39 is 6.04 Å². The van der Waals surface area contributed by atoms with Crippen molar-refractivity contribution in [2.45, 2.75) is 39.2 Å². The SMILES string of the molecule is CCCC(=O)N(CCc1ccccc1)[C@H](C)C(=O)NC. The molecule has 0 saturated carbocycles. The molecule has 0 aliphatic rings. The van der Waals surface area contributed by atoms with Gasteiger partial charge in [0, 0.05) is 20.0 Å². The van der Waals surface area contributed by atoms with Gasteiger partial charge in [-0.25, -0.2) is 0 Å². The molecule has 0 saturated heterocycles. The highest BCUT2D eigenvalue weighted by Crippen LogP contribution is 2.08. The van der Waals surface area contributed by atoms with E-state index in [4.69, 9.17) is 0 Å². The van der Waals surface area contributed by atoms with Gasteiger partial charge in [0.25, 0.3) is 0 Å². The van der Waals surface area contributed by atoms with E-state index >= 15 is 0 Å². The number of likely N-dealkylation sites (N-methyl/N-ethyl adjacent to an activating group) is 1. The minimum atomic E-state index is -0.428. The predicted octanol–water partition coefficient (Wildman–Crippen LogP) is 1.99. The molecule has 0 aliphatic carbocycles. The van der Waals surface area contributed by atoms with Crippen LogP contribution in [0.3, 0.4) is 0 Å². The zero-order valence-corrected chi connectivity index (χ0v) is 12.6. The van der Waals surface area contributed by atoms with Crippen LogP contribution in [0.4, 0.5) is 0 Å². The van der Waals surface area contributed by atoms with E-state index in [0.717, 1.165) is 12.8 Å². The smallest absolute Gasteiger partial charge is 0.242 e. The molecule has 0 spiro atoms. The van der Waals surface area contributed by atoms with Crippen molar-refractivity contribution in [3.63, 3.8) is 0 Å². The van der Waals surface area contributed by atoms with Crippen LogP contribution in [0.25, 0.3) is 0 Å². The maximum atomic E-state index is 12.2. The molecule has 110 valence electrons. The summed E-state index contributed by atoms with van der Waals surface area (Å²) in [6.07, 6.45) is 2.04. The fourth-order valence-electron chi connectivity index (χ4n) is 2.14. The number of nitrogens with one attached hydrogen (secondary N) is 1. The van der Waals surface area contributed by atoms with E-state index in [1.54, 1.807) is 18.9 Å². The van der Waals surface area contributed by atoms with Crippen molar-refractivity contribution < 1.29 is 9.59 Å². The number of amides is 2. The fourth-order valence-corrected chi connectivity index (χ4v) is 2.14. The Labute approximate surface area is 121 Å². The van der Waals surface area contributed by atoms with Crippen LogP contribution in [0.15, 0.2) is 30.3 Å². The van der Waals surface area contributed by atoms with E-state index in [1.165, 1.54) is 5.56 Å². The van der Waals surface area contributed by atoms with Crippen LogP contribution in [0.5, 0.6) is 0 Å². The van der Waals surface area contributed by atoms with E-state index in [1.807, 2.05) is 37.3 Å². The molecule has 0 bridgehead atoms. The molecule has 0 aliphatic heterocycles. The number of rotatable bonds is 7. The van der Waals surface area contributed by atoms with Gasteiger partial charge in [0.2, 0.25) is 11.8 Å². The van der Waals surface area contributed by atoms with Crippen LogP contribution in [0, 0.1) is 0 Å². The first-order valence-electron chi connectivity index (χ1n) is 7.15. The van der Waals surface area contributed by atoms with Gasteiger partial charge in [0.05, 0.1) is 0 Å². The molecule has 1 atom stereocenters. The first kappa shape index (κ1) is 16.2. The third kappa shape index (κ3) is 4.68. The van der Waals surface area contributed by atoms with Gasteiger partial charge in [-0.3, -0.25) is 9.59 Å². The molecule has 0 unspecified atom stereocenters. The summed E-state index contributed by atoms with van der Waals surface area (Å²) in [6.45, 7) is 4.31. The Balaban J connectivity index is 2.72. The average molecular weight is 276 g/mol. The maximum Gasteiger partial charge on any atom is 0.242 e. The highest BCUT2D eigenvalue weighted by molar-refractivity contribution is 5.87. The summed E-state index contributed by atoms with van der Waals surface area (Å²) in [7, 11) is 1.60. The van der Waals surface area contributed by atoms with E-state index in [-0.39, 0.29) is 11.8 Å². The van der Waals surface area contributed by atoms with Crippen molar-refractivity contribution in [1.82, 2.24) is 10.2 Å². The number of benzene rings is 1. The van der Waals surface area contributed by atoms with Gasteiger partial charge in [-0.15, -0.1) is 0 Å². The Morgan fingerprint density at radius 2 is 1.90 bits per heavy atom. The molecule has 0 aromatic heterocycles. The summed E-state index contributed by atoms with van der Waals surface area (Å²) in [5.74, 6) is -0.0814. The second-order valence-corrected chi connectivity index (χ2v) is 4.86.